The number of esters is 1. The molecule has 0 heterocycles. The fraction of sp³-hybridized carbons (Fsp3) is 0.133. The molecule has 2 aromatic rings. The molecule has 0 aliphatic carbocycles. The second-order valence-electron chi connectivity index (χ2n) is 4.15. The fourth-order valence-electron chi connectivity index (χ4n) is 1.73. The van der Waals surface area contributed by atoms with Gasteiger partial charge in [0.05, 0.1) is 12.7 Å². The Morgan fingerprint density at radius 2 is 1.84 bits per heavy atom. The zero-order valence-corrected chi connectivity index (χ0v) is 11.5. The van der Waals surface area contributed by atoms with Crippen molar-refractivity contribution in [2.75, 3.05) is 12.4 Å². The predicted octanol–water partition coefficient (Wildman–Crippen LogP) is 4.18. The minimum Gasteiger partial charge on any atom is -0.465 e. The van der Waals surface area contributed by atoms with Crippen molar-refractivity contribution in [3.05, 3.63) is 58.6 Å². The van der Waals surface area contributed by atoms with E-state index in [1.165, 1.54) is 7.11 Å². The van der Waals surface area contributed by atoms with Gasteiger partial charge in [0.2, 0.25) is 0 Å². The topological polar surface area (TPSA) is 38.3 Å². The molecule has 0 saturated heterocycles. The molecule has 0 aliphatic heterocycles. The van der Waals surface area contributed by atoms with Crippen molar-refractivity contribution in [2.45, 2.75) is 6.92 Å². The van der Waals surface area contributed by atoms with Crippen LogP contribution in [0.4, 0.5) is 11.4 Å². The summed E-state index contributed by atoms with van der Waals surface area (Å²) in [5, 5.41) is 3.98. The Kier molecular flexibility index (Phi) is 4.07. The molecule has 4 heteroatoms. The summed E-state index contributed by atoms with van der Waals surface area (Å²) < 4.78 is 4.65. The molecule has 19 heavy (non-hydrogen) atoms. The number of anilines is 2. The van der Waals surface area contributed by atoms with Crippen molar-refractivity contribution < 1.29 is 9.53 Å². The van der Waals surface area contributed by atoms with Crippen molar-refractivity contribution in [1.82, 2.24) is 0 Å². The van der Waals surface area contributed by atoms with Gasteiger partial charge in [0.15, 0.2) is 0 Å². The van der Waals surface area contributed by atoms with Gasteiger partial charge in [-0.15, -0.1) is 0 Å². The lowest BCUT2D eigenvalue weighted by atomic mass is 10.1. The summed E-state index contributed by atoms with van der Waals surface area (Å²) in [7, 11) is 1.37. The summed E-state index contributed by atoms with van der Waals surface area (Å²) in [4.78, 5) is 11.3. The van der Waals surface area contributed by atoms with Crippen LogP contribution in [0.25, 0.3) is 0 Å². The van der Waals surface area contributed by atoms with Crippen LogP contribution in [0.15, 0.2) is 42.5 Å². The molecule has 2 aromatic carbocycles. The van der Waals surface area contributed by atoms with Crippen LogP contribution in [-0.4, -0.2) is 13.1 Å². The quantitative estimate of drug-likeness (QED) is 0.854. The molecule has 0 unspecified atom stereocenters. The number of aryl methyl sites for hydroxylation is 1. The highest BCUT2D eigenvalue weighted by Crippen LogP contribution is 2.23. The maximum absolute atomic E-state index is 11.3. The van der Waals surface area contributed by atoms with E-state index in [1.54, 1.807) is 12.1 Å². The highest BCUT2D eigenvalue weighted by Gasteiger charge is 2.05. The van der Waals surface area contributed by atoms with Gasteiger partial charge in [-0.05, 0) is 55.0 Å². The lowest BCUT2D eigenvalue weighted by Crippen LogP contribution is -2.01. The summed E-state index contributed by atoms with van der Waals surface area (Å²) >= 11 is 5.91. The van der Waals surface area contributed by atoms with Gasteiger partial charge in [-0.3, -0.25) is 0 Å². The first-order valence-electron chi connectivity index (χ1n) is 5.81. The van der Waals surface area contributed by atoms with Crippen molar-refractivity contribution in [3.8, 4) is 0 Å². The van der Waals surface area contributed by atoms with Crippen LogP contribution in [0.5, 0.6) is 0 Å². The van der Waals surface area contributed by atoms with Gasteiger partial charge in [-0.25, -0.2) is 4.79 Å². The number of rotatable bonds is 3. The van der Waals surface area contributed by atoms with E-state index in [1.807, 2.05) is 37.3 Å². The number of ether oxygens (including phenoxy) is 1. The molecular formula is C15H14ClNO2. The third kappa shape index (κ3) is 3.26. The van der Waals surface area contributed by atoms with Crippen molar-refractivity contribution in [1.29, 1.82) is 0 Å². The molecule has 0 aromatic heterocycles. The minimum absolute atomic E-state index is 0.339. The van der Waals surface area contributed by atoms with Crippen LogP contribution in [-0.2, 0) is 4.74 Å². The SMILES string of the molecule is COC(=O)c1ccc(Nc2ccc(Cl)cc2C)cc1. The van der Waals surface area contributed by atoms with Crippen LogP contribution in [0.1, 0.15) is 15.9 Å². The average molecular weight is 276 g/mol. The van der Waals surface area contributed by atoms with Gasteiger partial charge in [0.1, 0.15) is 0 Å². The van der Waals surface area contributed by atoms with E-state index in [0.717, 1.165) is 16.9 Å². The standard InChI is InChI=1S/C15H14ClNO2/c1-10-9-12(16)5-8-14(10)17-13-6-3-11(4-7-13)15(18)19-2/h3-9,17H,1-2H3. The molecule has 0 radical (unpaired) electrons. The van der Waals surface area contributed by atoms with E-state index in [-0.39, 0.29) is 5.97 Å². The summed E-state index contributed by atoms with van der Waals surface area (Å²) in [5.74, 6) is -0.339. The molecule has 0 atom stereocenters. The van der Waals surface area contributed by atoms with Crippen molar-refractivity contribution in [3.63, 3.8) is 0 Å². The van der Waals surface area contributed by atoms with Crippen LogP contribution in [0, 0.1) is 6.92 Å². The van der Waals surface area contributed by atoms with Gasteiger partial charge in [-0.1, -0.05) is 11.6 Å². The number of halogens is 1. The molecule has 98 valence electrons. The summed E-state index contributed by atoms with van der Waals surface area (Å²) in [6.07, 6.45) is 0. The number of methoxy groups -OCH3 is 1. The number of carbonyl (C=O) groups excluding carboxylic acids is 1. The number of hydrogen-bond acceptors (Lipinski definition) is 3. The molecule has 2 rings (SSSR count). The number of benzene rings is 2. The van der Waals surface area contributed by atoms with Gasteiger partial charge in [-0.2, -0.15) is 0 Å². The average Bonchev–Trinajstić information content (AvgIpc) is 2.42. The van der Waals surface area contributed by atoms with Gasteiger partial charge in [0, 0.05) is 16.4 Å². The van der Waals surface area contributed by atoms with E-state index in [2.05, 4.69) is 10.1 Å². The van der Waals surface area contributed by atoms with Gasteiger partial charge < -0.3 is 10.1 Å². The molecule has 0 amide bonds. The molecule has 0 fully saturated rings. The lowest BCUT2D eigenvalue weighted by molar-refractivity contribution is 0.0601. The highest BCUT2D eigenvalue weighted by molar-refractivity contribution is 6.30. The molecule has 0 aliphatic rings. The Bertz CT molecular complexity index is 594. The monoisotopic (exact) mass is 275 g/mol. The first-order chi connectivity index (χ1) is 9.10. The molecular weight excluding hydrogens is 262 g/mol. The summed E-state index contributed by atoms with van der Waals surface area (Å²) in [5.41, 5.74) is 3.47. The third-order valence-corrected chi connectivity index (χ3v) is 3.01. The molecule has 0 bridgehead atoms. The van der Waals surface area contributed by atoms with Crippen molar-refractivity contribution >= 4 is 28.9 Å². The second kappa shape index (κ2) is 5.76. The summed E-state index contributed by atoms with van der Waals surface area (Å²) in [6.45, 7) is 1.98. The Balaban J connectivity index is 2.17. The first kappa shape index (κ1) is 13.4. The molecule has 0 spiro atoms. The maximum Gasteiger partial charge on any atom is 0.337 e. The molecule has 0 saturated carbocycles. The number of hydrogen-bond donors (Lipinski definition) is 1. The van der Waals surface area contributed by atoms with Crippen LogP contribution < -0.4 is 5.32 Å². The number of carbonyl (C=O) groups is 1. The second-order valence-corrected chi connectivity index (χ2v) is 4.59. The van der Waals surface area contributed by atoms with Crippen LogP contribution >= 0.6 is 11.6 Å². The zero-order chi connectivity index (χ0) is 13.8. The molecule has 1 N–H and O–H groups in total. The fourth-order valence-corrected chi connectivity index (χ4v) is 1.96. The third-order valence-electron chi connectivity index (χ3n) is 2.77. The number of nitrogens with one attached hydrogen (secondary N) is 1. The van der Waals surface area contributed by atoms with Gasteiger partial charge in [0.25, 0.3) is 0 Å². The van der Waals surface area contributed by atoms with Crippen LogP contribution in [0.2, 0.25) is 5.02 Å². The van der Waals surface area contributed by atoms with Crippen molar-refractivity contribution in [2.24, 2.45) is 0 Å². The van der Waals surface area contributed by atoms with E-state index in [9.17, 15) is 4.79 Å². The Morgan fingerprint density at radius 1 is 1.16 bits per heavy atom. The van der Waals surface area contributed by atoms with E-state index in [4.69, 9.17) is 11.6 Å². The molecule has 3 nitrogen and oxygen atoms in total. The maximum atomic E-state index is 11.3. The van der Waals surface area contributed by atoms with Crippen LogP contribution in [0.3, 0.4) is 0 Å². The summed E-state index contributed by atoms with van der Waals surface area (Å²) in [6, 6.07) is 12.8. The predicted molar refractivity (Wildman–Crippen MR) is 77.3 cm³/mol. The van der Waals surface area contributed by atoms with E-state index >= 15 is 0 Å². The minimum atomic E-state index is -0.339. The lowest BCUT2D eigenvalue weighted by Gasteiger charge is -2.10. The highest BCUT2D eigenvalue weighted by atomic mass is 35.5. The largest absolute Gasteiger partial charge is 0.465 e. The Hall–Kier alpha value is -2.00. The Morgan fingerprint density at radius 3 is 2.42 bits per heavy atom. The van der Waals surface area contributed by atoms with E-state index < -0.39 is 0 Å². The van der Waals surface area contributed by atoms with E-state index in [0.29, 0.717) is 10.6 Å². The zero-order valence-electron chi connectivity index (χ0n) is 10.7. The smallest absolute Gasteiger partial charge is 0.337 e. The Labute approximate surface area is 117 Å². The van der Waals surface area contributed by atoms with Gasteiger partial charge >= 0.3 is 5.97 Å². The normalized spacial score (nSPS) is 10.1. The first-order valence-corrected chi connectivity index (χ1v) is 6.19.